The Kier molecular flexibility index (Phi) is 5.16. The van der Waals surface area contributed by atoms with E-state index in [2.05, 4.69) is 9.97 Å². The van der Waals surface area contributed by atoms with Crippen molar-refractivity contribution in [3.05, 3.63) is 35.5 Å². The van der Waals surface area contributed by atoms with E-state index in [1.807, 2.05) is 28.5 Å². The lowest BCUT2D eigenvalue weighted by Crippen LogP contribution is -2.31. The van der Waals surface area contributed by atoms with E-state index in [0.717, 1.165) is 48.7 Å². The monoisotopic (exact) mass is 315 g/mol. The van der Waals surface area contributed by atoms with Crippen molar-refractivity contribution in [2.45, 2.75) is 38.5 Å². The van der Waals surface area contributed by atoms with Crippen LogP contribution in [0.1, 0.15) is 37.8 Å². The van der Waals surface area contributed by atoms with Crippen LogP contribution in [-0.4, -0.2) is 33.9 Å². The second-order valence-corrected chi connectivity index (χ2v) is 6.51. The largest absolute Gasteiger partial charge is 0.343 e. The molecule has 1 fully saturated rings. The molecule has 0 saturated carbocycles. The number of likely N-dealkylation sites (tertiary alicyclic amines) is 1. The molecule has 3 rings (SSSR count). The van der Waals surface area contributed by atoms with Crippen LogP contribution >= 0.6 is 11.3 Å². The van der Waals surface area contributed by atoms with E-state index in [9.17, 15) is 4.79 Å². The summed E-state index contributed by atoms with van der Waals surface area (Å²) in [7, 11) is 0. The molecule has 0 aromatic carbocycles. The number of aromatic nitrogens is 2. The average molecular weight is 315 g/mol. The fourth-order valence-electron chi connectivity index (χ4n) is 2.74. The van der Waals surface area contributed by atoms with Crippen molar-refractivity contribution in [3.63, 3.8) is 0 Å². The second kappa shape index (κ2) is 7.49. The molecule has 1 aliphatic rings. The van der Waals surface area contributed by atoms with E-state index in [1.165, 1.54) is 12.8 Å². The van der Waals surface area contributed by atoms with E-state index in [4.69, 9.17) is 0 Å². The van der Waals surface area contributed by atoms with Gasteiger partial charge in [0.2, 0.25) is 5.91 Å². The van der Waals surface area contributed by atoms with Gasteiger partial charge in [0.05, 0.1) is 11.4 Å². The van der Waals surface area contributed by atoms with Gasteiger partial charge in [0.15, 0.2) is 0 Å². The van der Waals surface area contributed by atoms with Crippen LogP contribution in [0.5, 0.6) is 0 Å². The third kappa shape index (κ3) is 3.91. The Morgan fingerprint density at radius 2 is 2.00 bits per heavy atom. The number of rotatable bonds is 4. The highest BCUT2D eigenvalue weighted by Gasteiger charge is 2.16. The molecule has 0 N–H and O–H groups in total. The molecule has 1 aliphatic heterocycles. The summed E-state index contributed by atoms with van der Waals surface area (Å²) in [5.74, 6) is 0.272. The van der Waals surface area contributed by atoms with E-state index in [-0.39, 0.29) is 5.91 Å². The lowest BCUT2D eigenvalue weighted by molar-refractivity contribution is -0.131. The number of hydrogen-bond donors (Lipinski definition) is 0. The molecule has 0 aliphatic carbocycles. The van der Waals surface area contributed by atoms with Gasteiger partial charge in [-0.15, -0.1) is 11.3 Å². The van der Waals surface area contributed by atoms with Crippen LogP contribution < -0.4 is 0 Å². The van der Waals surface area contributed by atoms with Gasteiger partial charge in [-0.1, -0.05) is 18.9 Å². The first kappa shape index (κ1) is 15.2. The van der Waals surface area contributed by atoms with Gasteiger partial charge in [0.25, 0.3) is 0 Å². The standard InChI is InChI=1S/C17H21N3OS/c21-16(20-11-5-1-2-6-12-20)9-8-14-13-22-17(19-14)15-7-3-4-10-18-15/h3-4,7,10,13H,1-2,5-6,8-9,11-12H2. The summed E-state index contributed by atoms with van der Waals surface area (Å²) >= 11 is 1.59. The van der Waals surface area contributed by atoms with Gasteiger partial charge in [-0.25, -0.2) is 4.98 Å². The number of aryl methyl sites for hydroxylation is 1. The first-order valence-electron chi connectivity index (χ1n) is 7.96. The Balaban J connectivity index is 1.55. The van der Waals surface area contributed by atoms with Gasteiger partial charge >= 0.3 is 0 Å². The van der Waals surface area contributed by atoms with Crippen LogP contribution in [-0.2, 0) is 11.2 Å². The van der Waals surface area contributed by atoms with Crippen molar-refractivity contribution in [1.29, 1.82) is 0 Å². The minimum atomic E-state index is 0.272. The van der Waals surface area contributed by atoms with Crippen LogP contribution in [0.3, 0.4) is 0 Å². The Bertz CT molecular complexity index is 603. The Morgan fingerprint density at radius 3 is 2.73 bits per heavy atom. The highest BCUT2D eigenvalue weighted by atomic mass is 32.1. The predicted octanol–water partition coefficient (Wildman–Crippen LogP) is 3.54. The second-order valence-electron chi connectivity index (χ2n) is 5.65. The maximum Gasteiger partial charge on any atom is 0.222 e. The van der Waals surface area contributed by atoms with Gasteiger partial charge in [-0.2, -0.15) is 0 Å². The summed E-state index contributed by atoms with van der Waals surface area (Å²) in [6.07, 6.45) is 7.86. The van der Waals surface area contributed by atoms with Crippen molar-refractivity contribution in [3.8, 4) is 10.7 Å². The number of pyridine rings is 1. The maximum absolute atomic E-state index is 12.3. The molecule has 0 atom stereocenters. The zero-order chi connectivity index (χ0) is 15.2. The lowest BCUT2D eigenvalue weighted by atomic mass is 10.2. The Labute approximate surface area is 135 Å². The first-order valence-corrected chi connectivity index (χ1v) is 8.84. The van der Waals surface area contributed by atoms with E-state index in [0.29, 0.717) is 6.42 Å². The summed E-state index contributed by atoms with van der Waals surface area (Å²) in [4.78, 5) is 23.2. The molecule has 2 aromatic rings. The van der Waals surface area contributed by atoms with Gasteiger partial charge in [-0.05, 0) is 31.4 Å². The normalized spacial score (nSPS) is 15.5. The van der Waals surface area contributed by atoms with Gasteiger partial charge in [0.1, 0.15) is 5.01 Å². The van der Waals surface area contributed by atoms with Crippen molar-refractivity contribution in [2.75, 3.05) is 13.1 Å². The molecule has 2 aromatic heterocycles. The van der Waals surface area contributed by atoms with Crippen LogP contribution in [0.25, 0.3) is 10.7 Å². The van der Waals surface area contributed by atoms with Crippen LogP contribution in [0, 0.1) is 0 Å². The molecule has 116 valence electrons. The molecule has 5 heteroatoms. The topological polar surface area (TPSA) is 46.1 Å². The van der Waals surface area contributed by atoms with Crippen molar-refractivity contribution >= 4 is 17.2 Å². The molecular formula is C17H21N3OS. The van der Waals surface area contributed by atoms with E-state index >= 15 is 0 Å². The summed E-state index contributed by atoms with van der Waals surface area (Å²) < 4.78 is 0. The highest BCUT2D eigenvalue weighted by Crippen LogP contribution is 2.22. The number of thiazole rings is 1. The Morgan fingerprint density at radius 1 is 1.18 bits per heavy atom. The van der Waals surface area contributed by atoms with Crippen molar-refractivity contribution in [1.82, 2.24) is 14.9 Å². The molecule has 1 saturated heterocycles. The third-order valence-corrected chi connectivity index (χ3v) is 4.90. The molecule has 0 bridgehead atoms. The fourth-order valence-corrected chi connectivity index (χ4v) is 3.57. The molecule has 3 heterocycles. The predicted molar refractivity (Wildman–Crippen MR) is 88.7 cm³/mol. The van der Waals surface area contributed by atoms with Gasteiger partial charge in [-0.3, -0.25) is 9.78 Å². The van der Waals surface area contributed by atoms with Crippen LogP contribution in [0.15, 0.2) is 29.8 Å². The molecule has 22 heavy (non-hydrogen) atoms. The summed E-state index contributed by atoms with van der Waals surface area (Å²) in [5, 5.41) is 2.97. The summed E-state index contributed by atoms with van der Waals surface area (Å²) in [6, 6.07) is 5.83. The minimum Gasteiger partial charge on any atom is -0.343 e. The fraction of sp³-hybridized carbons (Fsp3) is 0.471. The van der Waals surface area contributed by atoms with Crippen LogP contribution in [0.2, 0.25) is 0 Å². The summed E-state index contributed by atoms with van der Waals surface area (Å²) in [6.45, 7) is 1.85. The number of amides is 1. The van der Waals surface area contributed by atoms with Gasteiger partial charge in [0, 0.05) is 31.1 Å². The molecule has 0 radical (unpaired) electrons. The van der Waals surface area contributed by atoms with Crippen molar-refractivity contribution in [2.24, 2.45) is 0 Å². The molecule has 1 amide bonds. The highest BCUT2D eigenvalue weighted by molar-refractivity contribution is 7.13. The smallest absolute Gasteiger partial charge is 0.222 e. The number of nitrogens with zero attached hydrogens (tertiary/aromatic N) is 3. The van der Waals surface area contributed by atoms with Crippen LogP contribution in [0.4, 0.5) is 0 Å². The molecule has 0 spiro atoms. The van der Waals surface area contributed by atoms with Crippen molar-refractivity contribution < 1.29 is 4.79 Å². The average Bonchev–Trinajstić information content (AvgIpc) is 2.87. The lowest BCUT2D eigenvalue weighted by Gasteiger charge is -2.19. The number of carbonyl (C=O) groups excluding carboxylic acids is 1. The SMILES string of the molecule is O=C(CCc1csc(-c2ccccn2)n1)N1CCCCCC1. The third-order valence-electron chi connectivity index (χ3n) is 3.99. The van der Waals surface area contributed by atoms with E-state index in [1.54, 1.807) is 17.5 Å². The minimum absolute atomic E-state index is 0.272. The van der Waals surface area contributed by atoms with E-state index < -0.39 is 0 Å². The molecule has 0 unspecified atom stereocenters. The number of hydrogen-bond acceptors (Lipinski definition) is 4. The van der Waals surface area contributed by atoms with Gasteiger partial charge < -0.3 is 4.90 Å². The summed E-state index contributed by atoms with van der Waals surface area (Å²) in [5.41, 5.74) is 1.89. The first-order chi connectivity index (χ1) is 10.8. The Hall–Kier alpha value is -1.75. The molecular weight excluding hydrogens is 294 g/mol. The zero-order valence-electron chi connectivity index (χ0n) is 12.7. The number of carbonyl (C=O) groups is 1. The molecule has 4 nitrogen and oxygen atoms in total. The quantitative estimate of drug-likeness (QED) is 0.867. The maximum atomic E-state index is 12.3. The zero-order valence-corrected chi connectivity index (χ0v) is 13.5.